The van der Waals surface area contributed by atoms with Gasteiger partial charge in [0.25, 0.3) is 5.91 Å². The number of hydrogen-bond acceptors (Lipinski definition) is 7. The smallest absolute Gasteiger partial charge is 0.267 e. The molecule has 0 bridgehead atoms. The first-order chi connectivity index (χ1) is 14.8. The maximum absolute atomic E-state index is 13.5. The molecule has 0 atom stereocenters. The Morgan fingerprint density at radius 2 is 2.06 bits per heavy atom. The Morgan fingerprint density at radius 3 is 2.71 bits per heavy atom. The molecule has 8 nitrogen and oxygen atoms in total. The molecule has 0 radical (unpaired) electrons. The first-order valence-corrected chi connectivity index (χ1v) is 9.34. The minimum atomic E-state index is -0.592. The molecule has 2 aromatic carbocycles. The lowest BCUT2D eigenvalue weighted by Gasteiger charge is -2.14. The standard InChI is InChI=1S/C21H18ClFN6O2/c1-29(2)10-12(9-24)21(30)28-18-7-14-17(8-19(18)31-3)25-11-26-20(14)27-13-4-5-16(23)15(22)6-13/h4-8,10-11H,1-3H3,(H,28,30)(H,25,26,27). The minimum Gasteiger partial charge on any atom is -0.494 e. The highest BCUT2D eigenvalue weighted by atomic mass is 35.5. The van der Waals surface area contributed by atoms with Crippen LogP contribution in [0.4, 0.5) is 21.6 Å². The maximum Gasteiger partial charge on any atom is 0.267 e. The number of aromatic nitrogens is 2. The van der Waals surface area contributed by atoms with Gasteiger partial charge >= 0.3 is 0 Å². The summed E-state index contributed by atoms with van der Waals surface area (Å²) in [6, 6.07) is 9.33. The van der Waals surface area contributed by atoms with Crippen LogP contribution in [0.25, 0.3) is 10.9 Å². The van der Waals surface area contributed by atoms with Crippen LogP contribution in [0.1, 0.15) is 0 Å². The van der Waals surface area contributed by atoms with E-state index in [1.165, 1.54) is 37.8 Å². The van der Waals surface area contributed by atoms with Gasteiger partial charge in [-0.2, -0.15) is 5.26 Å². The summed E-state index contributed by atoms with van der Waals surface area (Å²) < 4.78 is 18.8. The van der Waals surface area contributed by atoms with Gasteiger partial charge in [0.05, 0.1) is 23.3 Å². The molecule has 2 N–H and O–H groups in total. The number of benzene rings is 2. The number of rotatable bonds is 6. The summed E-state index contributed by atoms with van der Waals surface area (Å²) in [5.41, 5.74) is 1.32. The van der Waals surface area contributed by atoms with Crippen molar-refractivity contribution >= 4 is 45.6 Å². The summed E-state index contributed by atoms with van der Waals surface area (Å²) in [6.45, 7) is 0. The second-order valence-electron chi connectivity index (χ2n) is 6.62. The number of methoxy groups -OCH3 is 1. The van der Waals surface area contributed by atoms with Crippen LogP contribution in [0.5, 0.6) is 5.75 Å². The lowest BCUT2D eigenvalue weighted by molar-refractivity contribution is -0.112. The van der Waals surface area contributed by atoms with Gasteiger partial charge in [0.1, 0.15) is 35.4 Å². The third-order valence-corrected chi connectivity index (χ3v) is 4.43. The van der Waals surface area contributed by atoms with Gasteiger partial charge in [0.15, 0.2) is 0 Å². The van der Waals surface area contributed by atoms with Crippen LogP contribution in [0.3, 0.4) is 0 Å². The number of halogens is 2. The van der Waals surface area contributed by atoms with Gasteiger partial charge in [-0.25, -0.2) is 14.4 Å². The monoisotopic (exact) mass is 440 g/mol. The van der Waals surface area contributed by atoms with E-state index in [2.05, 4.69) is 20.6 Å². The minimum absolute atomic E-state index is 0.0327. The number of nitrogens with zero attached hydrogens (tertiary/aromatic N) is 4. The summed E-state index contributed by atoms with van der Waals surface area (Å²) in [7, 11) is 4.87. The number of carbonyl (C=O) groups is 1. The van der Waals surface area contributed by atoms with Crippen molar-refractivity contribution in [3.05, 3.63) is 59.3 Å². The Bertz CT molecular complexity index is 1220. The molecule has 0 saturated carbocycles. The second-order valence-corrected chi connectivity index (χ2v) is 7.03. The van der Waals surface area contributed by atoms with E-state index in [0.29, 0.717) is 33.8 Å². The van der Waals surface area contributed by atoms with E-state index in [-0.39, 0.29) is 10.6 Å². The van der Waals surface area contributed by atoms with Gasteiger partial charge in [-0.3, -0.25) is 4.79 Å². The number of amides is 1. The Kier molecular flexibility index (Phi) is 6.52. The van der Waals surface area contributed by atoms with Gasteiger partial charge in [0, 0.05) is 37.4 Å². The highest BCUT2D eigenvalue weighted by Crippen LogP contribution is 2.33. The Morgan fingerprint density at radius 1 is 1.29 bits per heavy atom. The number of nitrogens with one attached hydrogen (secondary N) is 2. The molecular formula is C21H18ClFN6O2. The molecule has 1 aromatic heterocycles. The fourth-order valence-electron chi connectivity index (χ4n) is 2.75. The molecule has 1 amide bonds. The van der Waals surface area contributed by atoms with Gasteiger partial charge in [-0.05, 0) is 24.3 Å². The average Bonchev–Trinajstić information content (AvgIpc) is 2.74. The fraction of sp³-hybridized carbons (Fsp3) is 0.143. The first-order valence-electron chi connectivity index (χ1n) is 8.97. The predicted octanol–water partition coefficient (Wildman–Crippen LogP) is 4.08. The molecular weight excluding hydrogens is 423 g/mol. The van der Waals surface area contributed by atoms with Gasteiger partial charge in [0.2, 0.25) is 0 Å². The number of carbonyl (C=O) groups excluding carboxylic acids is 1. The molecule has 1 heterocycles. The summed E-state index contributed by atoms with van der Waals surface area (Å²) in [6.07, 6.45) is 2.78. The highest BCUT2D eigenvalue weighted by molar-refractivity contribution is 6.31. The van der Waals surface area contributed by atoms with Crippen molar-refractivity contribution < 1.29 is 13.9 Å². The zero-order chi connectivity index (χ0) is 22.5. The van der Waals surface area contributed by atoms with Crippen LogP contribution < -0.4 is 15.4 Å². The molecule has 31 heavy (non-hydrogen) atoms. The summed E-state index contributed by atoms with van der Waals surface area (Å²) in [5, 5.41) is 15.5. The number of hydrogen-bond donors (Lipinski definition) is 2. The zero-order valence-corrected chi connectivity index (χ0v) is 17.7. The molecule has 0 unspecified atom stereocenters. The van der Waals surface area contributed by atoms with Gasteiger partial charge in [-0.1, -0.05) is 11.6 Å². The van der Waals surface area contributed by atoms with E-state index < -0.39 is 11.7 Å². The van der Waals surface area contributed by atoms with Crippen LogP contribution in [-0.2, 0) is 4.79 Å². The normalized spacial score (nSPS) is 11.0. The largest absolute Gasteiger partial charge is 0.494 e. The molecule has 10 heteroatoms. The quantitative estimate of drug-likeness (QED) is 0.439. The number of fused-ring (bicyclic) bond motifs is 1. The van der Waals surface area contributed by atoms with Crippen molar-refractivity contribution in [1.82, 2.24) is 14.9 Å². The van der Waals surface area contributed by atoms with Crippen LogP contribution >= 0.6 is 11.6 Å². The molecule has 3 rings (SSSR count). The summed E-state index contributed by atoms with van der Waals surface area (Å²) in [5.74, 6) is -0.355. The van der Waals surface area contributed by atoms with Crippen molar-refractivity contribution in [3.63, 3.8) is 0 Å². The van der Waals surface area contributed by atoms with Crippen molar-refractivity contribution in [2.24, 2.45) is 0 Å². The van der Waals surface area contributed by atoms with E-state index in [1.807, 2.05) is 6.07 Å². The molecule has 0 aliphatic heterocycles. The molecule has 0 aliphatic carbocycles. The molecule has 158 valence electrons. The molecule has 0 spiro atoms. The number of anilines is 3. The number of nitriles is 1. The van der Waals surface area contributed by atoms with Crippen molar-refractivity contribution in [1.29, 1.82) is 5.26 Å². The Labute approximate surface area is 182 Å². The van der Waals surface area contributed by atoms with Crippen LogP contribution in [0, 0.1) is 17.1 Å². The molecule has 0 aliphatic rings. The van der Waals surface area contributed by atoms with E-state index >= 15 is 0 Å². The average molecular weight is 441 g/mol. The summed E-state index contributed by atoms with van der Waals surface area (Å²) >= 11 is 5.85. The molecule has 3 aromatic rings. The predicted molar refractivity (Wildman–Crippen MR) is 117 cm³/mol. The van der Waals surface area contributed by atoms with E-state index in [0.717, 1.165) is 0 Å². The van der Waals surface area contributed by atoms with Gasteiger partial charge in [-0.15, -0.1) is 0 Å². The third-order valence-electron chi connectivity index (χ3n) is 4.14. The highest BCUT2D eigenvalue weighted by Gasteiger charge is 2.16. The summed E-state index contributed by atoms with van der Waals surface area (Å²) in [4.78, 5) is 22.6. The van der Waals surface area contributed by atoms with Crippen LogP contribution in [-0.4, -0.2) is 42.0 Å². The van der Waals surface area contributed by atoms with Gasteiger partial charge < -0.3 is 20.3 Å². The number of ether oxygens (including phenoxy) is 1. The zero-order valence-electron chi connectivity index (χ0n) is 16.9. The third kappa shape index (κ3) is 4.99. The van der Waals surface area contributed by atoms with Crippen molar-refractivity contribution in [2.75, 3.05) is 31.8 Å². The van der Waals surface area contributed by atoms with E-state index in [9.17, 15) is 14.4 Å². The fourth-order valence-corrected chi connectivity index (χ4v) is 2.93. The van der Waals surface area contributed by atoms with E-state index in [4.69, 9.17) is 16.3 Å². The maximum atomic E-state index is 13.5. The topological polar surface area (TPSA) is 103 Å². The molecule has 0 fully saturated rings. The van der Waals surface area contributed by atoms with Crippen LogP contribution in [0.2, 0.25) is 5.02 Å². The molecule has 0 saturated heterocycles. The van der Waals surface area contributed by atoms with Crippen molar-refractivity contribution in [3.8, 4) is 11.8 Å². The second kappa shape index (κ2) is 9.28. The van der Waals surface area contributed by atoms with E-state index in [1.54, 1.807) is 31.1 Å². The van der Waals surface area contributed by atoms with Crippen LogP contribution in [0.15, 0.2) is 48.4 Å². The Balaban J connectivity index is 2.02. The SMILES string of the molecule is COc1cc2ncnc(Nc3ccc(F)c(Cl)c3)c2cc1NC(=O)C(C#N)=CN(C)C. The Hall–Kier alpha value is -3.90. The van der Waals surface area contributed by atoms with Crippen molar-refractivity contribution in [2.45, 2.75) is 0 Å². The lowest BCUT2D eigenvalue weighted by Crippen LogP contribution is -2.17. The first kappa shape index (κ1) is 21.8. The lowest BCUT2D eigenvalue weighted by atomic mass is 10.1.